The van der Waals surface area contributed by atoms with Gasteiger partial charge < -0.3 is 15.3 Å². The number of likely N-dealkylation sites (N-methyl/N-ethyl adjacent to an activating group) is 1. The number of amides is 1. The van der Waals surface area contributed by atoms with E-state index in [4.69, 9.17) is 0 Å². The molecular weight excluding hydrogens is 280 g/mol. The van der Waals surface area contributed by atoms with Gasteiger partial charge in [0.2, 0.25) is 0 Å². The summed E-state index contributed by atoms with van der Waals surface area (Å²) in [6.45, 7) is 9.95. The molecule has 0 saturated heterocycles. The van der Waals surface area contributed by atoms with Gasteiger partial charge in [-0.25, -0.2) is 8.42 Å². The lowest BCUT2D eigenvalue weighted by Crippen LogP contribution is -2.47. The molecule has 0 fully saturated rings. The number of nitrogens with zero attached hydrogens (tertiary/aromatic N) is 1. The van der Waals surface area contributed by atoms with Crippen LogP contribution in [0.1, 0.15) is 13.8 Å². The Bertz CT molecular complexity index is 533. The molecule has 114 valence electrons. The average Bonchev–Trinajstić information content (AvgIpc) is 2.31. The maximum absolute atomic E-state index is 11.8. The van der Waals surface area contributed by atoms with E-state index in [1.54, 1.807) is 6.92 Å². The summed E-state index contributed by atoms with van der Waals surface area (Å²) in [6, 6.07) is 0. The van der Waals surface area contributed by atoms with Crippen LogP contribution in [-0.2, 0) is 14.6 Å². The summed E-state index contributed by atoms with van der Waals surface area (Å²) in [7, 11) is -1.82. The minimum Gasteiger partial charge on any atom is -0.367 e. The number of hydrogen-bond donors (Lipinski definition) is 2. The Balaban J connectivity index is 5.11. The first-order chi connectivity index (χ1) is 8.94. The summed E-state index contributed by atoms with van der Waals surface area (Å²) < 4.78 is 22.7. The fourth-order valence-corrected chi connectivity index (χ4v) is 2.52. The minimum atomic E-state index is -3.31. The molecule has 6 nitrogen and oxygen atoms in total. The number of carbonyl (C=O) groups is 1. The van der Waals surface area contributed by atoms with Crippen LogP contribution in [0.4, 0.5) is 0 Å². The van der Waals surface area contributed by atoms with E-state index < -0.39 is 21.5 Å². The number of sulfone groups is 1. The molecular formula is C13H22N2O4S. The van der Waals surface area contributed by atoms with Gasteiger partial charge in [0.15, 0.2) is 15.6 Å². The van der Waals surface area contributed by atoms with E-state index in [1.807, 2.05) is 0 Å². The van der Waals surface area contributed by atoms with Crippen molar-refractivity contribution in [2.24, 2.45) is 0 Å². The molecule has 2 N–H and O–H groups in total. The summed E-state index contributed by atoms with van der Waals surface area (Å²) in [6.07, 6.45) is 3.86. The Morgan fingerprint density at radius 2 is 2.00 bits per heavy atom. The Hall–Kier alpha value is -1.60. The smallest absolute Gasteiger partial charge is 0.273 e. The molecule has 0 aromatic rings. The number of allylic oxidation sites excluding steroid dienone is 1. The lowest BCUT2D eigenvalue weighted by atomic mass is 10.1. The molecule has 1 atom stereocenters. The highest BCUT2D eigenvalue weighted by Gasteiger charge is 2.29. The van der Waals surface area contributed by atoms with Crippen molar-refractivity contribution in [3.05, 3.63) is 36.7 Å². The zero-order valence-corrected chi connectivity index (χ0v) is 13.1. The van der Waals surface area contributed by atoms with Gasteiger partial charge in [-0.15, -0.1) is 0 Å². The molecule has 0 aliphatic rings. The molecule has 0 aliphatic carbocycles. The van der Waals surface area contributed by atoms with Crippen LogP contribution in [0.5, 0.6) is 0 Å². The molecule has 0 aromatic heterocycles. The summed E-state index contributed by atoms with van der Waals surface area (Å²) in [5.41, 5.74) is -1.52. The minimum absolute atomic E-state index is 0.0646. The first-order valence-corrected chi connectivity index (χ1v) is 7.93. The summed E-state index contributed by atoms with van der Waals surface area (Å²) in [5.74, 6) is -0.794. The lowest BCUT2D eigenvalue weighted by molar-refractivity contribution is -0.124. The van der Waals surface area contributed by atoms with Crippen LogP contribution in [0.2, 0.25) is 0 Å². The molecule has 0 aliphatic heterocycles. The van der Waals surface area contributed by atoms with Gasteiger partial charge in [0, 0.05) is 13.3 Å². The predicted molar refractivity (Wildman–Crippen MR) is 79.3 cm³/mol. The number of rotatable bonds is 7. The van der Waals surface area contributed by atoms with Crippen LogP contribution in [0.3, 0.4) is 0 Å². The third-order valence-corrected chi connectivity index (χ3v) is 3.47. The highest BCUT2D eigenvalue weighted by Crippen LogP contribution is 2.17. The SMILES string of the molecule is C=CN(C)C(=O)C(=C)NC(C)(O)/C(=C\C)CS(C)(=O)=O. The second kappa shape index (κ2) is 6.71. The van der Waals surface area contributed by atoms with E-state index in [9.17, 15) is 18.3 Å². The quantitative estimate of drug-likeness (QED) is 0.404. The molecule has 0 spiro atoms. The van der Waals surface area contributed by atoms with Crippen molar-refractivity contribution in [2.75, 3.05) is 19.1 Å². The third-order valence-electron chi connectivity index (χ3n) is 2.64. The summed E-state index contributed by atoms with van der Waals surface area (Å²) in [5, 5.41) is 12.8. The lowest BCUT2D eigenvalue weighted by Gasteiger charge is -2.30. The van der Waals surface area contributed by atoms with Gasteiger partial charge in [-0.2, -0.15) is 0 Å². The van der Waals surface area contributed by atoms with Gasteiger partial charge in [-0.3, -0.25) is 4.79 Å². The Labute approximate surface area is 120 Å². The molecule has 0 radical (unpaired) electrons. The largest absolute Gasteiger partial charge is 0.367 e. The zero-order valence-electron chi connectivity index (χ0n) is 12.3. The van der Waals surface area contributed by atoms with Crippen molar-refractivity contribution in [1.82, 2.24) is 10.2 Å². The molecule has 1 unspecified atom stereocenters. The van der Waals surface area contributed by atoms with Gasteiger partial charge in [0.05, 0.1) is 11.4 Å². The third kappa shape index (κ3) is 5.58. The maximum atomic E-state index is 11.8. The summed E-state index contributed by atoms with van der Waals surface area (Å²) >= 11 is 0. The number of nitrogens with one attached hydrogen (secondary N) is 1. The normalized spacial score (nSPS) is 15.2. The number of hydrogen-bond acceptors (Lipinski definition) is 5. The van der Waals surface area contributed by atoms with Gasteiger partial charge in [0.25, 0.3) is 5.91 Å². The van der Waals surface area contributed by atoms with Gasteiger partial charge in [-0.1, -0.05) is 19.2 Å². The molecule has 0 aromatic carbocycles. The van der Waals surface area contributed by atoms with Gasteiger partial charge in [-0.05, 0) is 25.6 Å². The van der Waals surface area contributed by atoms with E-state index >= 15 is 0 Å². The summed E-state index contributed by atoms with van der Waals surface area (Å²) in [4.78, 5) is 13.0. The number of aliphatic hydroxyl groups is 1. The molecule has 0 heterocycles. The van der Waals surface area contributed by atoms with Crippen molar-refractivity contribution in [3.63, 3.8) is 0 Å². The highest BCUT2D eigenvalue weighted by atomic mass is 32.2. The second-order valence-corrected chi connectivity index (χ2v) is 6.80. The Kier molecular flexibility index (Phi) is 6.18. The van der Waals surface area contributed by atoms with Crippen LogP contribution in [-0.4, -0.2) is 49.1 Å². The molecule has 0 rings (SSSR count). The molecule has 1 amide bonds. The van der Waals surface area contributed by atoms with Crippen molar-refractivity contribution in [3.8, 4) is 0 Å². The van der Waals surface area contributed by atoms with E-state index in [0.717, 1.165) is 6.26 Å². The standard InChI is InChI=1S/C13H22N2O4S/c1-7-11(9-20(6,18)19)13(4,17)14-10(3)12(16)15(5)8-2/h7-8,14,17H,2-3,9H2,1,4-6H3/b11-7-. The van der Waals surface area contributed by atoms with Crippen LogP contribution in [0, 0.1) is 0 Å². The van der Waals surface area contributed by atoms with Crippen LogP contribution >= 0.6 is 0 Å². The van der Waals surface area contributed by atoms with Crippen molar-refractivity contribution >= 4 is 15.7 Å². The molecule has 7 heteroatoms. The van der Waals surface area contributed by atoms with Crippen molar-refractivity contribution in [1.29, 1.82) is 0 Å². The Morgan fingerprint density at radius 1 is 1.50 bits per heavy atom. The van der Waals surface area contributed by atoms with Crippen LogP contribution in [0.15, 0.2) is 36.7 Å². The average molecular weight is 302 g/mol. The first-order valence-electron chi connectivity index (χ1n) is 5.87. The fourth-order valence-electron chi connectivity index (χ4n) is 1.51. The van der Waals surface area contributed by atoms with Gasteiger partial charge in [0.1, 0.15) is 0 Å². The maximum Gasteiger partial charge on any atom is 0.273 e. The van der Waals surface area contributed by atoms with Crippen molar-refractivity contribution < 1.29 is 18.3 Å². The van der Waals surface area contributed by atoms with E-state index in [0.29, 0.717) is 0 Å². The van der Waals surface area contributed by atoms with Crippen molar-refractivity contribution in [2.45, 2.75) is 19.6 Å². The fraction of sp³-hybridized carbons (Fsp3) is 0.462. The van der Waals surface area contributed by atoms with Crippen LogP contribution in [0.25, 0.3) is 0 Å². The molecule has 0 bridgehead atoms. The highest BCUT2D eigenvalue weighted by molar-refractivity contribution is 7.90. The van der Waals surface area contributed by atoms with E-state index in [2.05, 4.69) is 18.5 Å². The monoisotopic (exact) mass is 302 g/mol. The molecule has 0 saturated carbocycles. The zero-order chi connectivity index (χ0) is 16.1. The van der Waals surface area contributed by atoms with E-state index in [-0.39, 0.29) is 17.0 Å². The Morgan fingerprint density at radius 3 is 2.35 bits per heavy atom. The predicted octanol–water partition coefficient (Wildman–Crippen LogP) is 0.391. The van der Waals surface area contributed by atoms with Crippen LogP contribution < -0.4 is 5.32 Å². The topological polar surface area (TPSA) is 86.7 Å². The second-order valence-electron chi connectivity index (χ2n) is 4.66. The van der Waals surface area contributed by atoms with E-state index in [1.165, 1.54) is 31.1 Å². The first kappa shape index (κ1) is 18.4. The van der Waals surface area contributed by atoms with Gasteiger partial charge >= 0.3 is 0 Å². The molecule has 20 heavy (non-hydrogen) atoms. The number of carbonyl (C=O) groups excluding carboxylic acids is 1.